The van der Waals surface area contributed by atoms with E-state index in [1.807, 2.05) is 5.32 Å². The minimum Gasteiger partial charge on any atom is -0.371 e. The van der Waals surface area contributed by atoms with E-state index in [0.717, 1.165) is 0 Å². The monoisotopic (exact) mass is 147 g/mol. The zero-order chi connectivity index (χ0) is 7.07. The fourth-order valence-electron chi connectivity index (χ4n) is 0.575. The molecule has 1 atom stereocenters. The lowest BCUT2D eigenvalue weighted by Gasteiger charge is -2.06. The van der Waals surface area contributed by atoms with E-state index in [9.17, 15) is 9.59 Å². The minimum atomic E-state index is -1.78. The smallest absolute Gasteiger partial charge is 0.269 e. The van der Waals surface area contributed by atoms with E-state index in [2.05, 4.69) is 12.6 Å². The van der Waals surface area contributed by atoms with Crippen molar-refractivity contribution in [3.63, 3.8) is 0 Å². The van der Waals surface area contributed by atoms with Gasteiger partial charge in [-0.1, -0.05) is 0 Å². The van der Waals surface area contributed by atoms with Gasteiger partial charge in [0.2, 0.25) is 5.91 Å². The van der Waals surface area contributed by atoms with Gasteiger partial charge in [0.05, 0.1) is 6.42 Å². The Hall–Kier alpha value is -0.550. The maximum Gasteiger partial charge on any atom is 0.269 e. The molecule has 1 aliphatic heterocycles. The normalized spacial score (nSPS) is 34.9. The van der Waals surface area contributed by atoms with Crippen molar-refractivity contribution >= 4 is 24.4 Å². The number of nitrogens with one attached hydrogen (secondary N) is 1. The molecule has 5 heteroatoms. The number of hydrogen-bond donors (Lipinski definition) is 3. The molecule has 4 nitrogen and oxygen atoms in total. The van der Waals surface area contributed by atoms with Crippen molar-refractivity contribution in [3.05, 3.63) is 0 Å². The van der Waals surface area contributed by atoms with E-state index in [1.165, 1.54) is 0 Å². The molecular formula is C4H5NO3S. The molecule has 1 saturated heterocycles. The average Bonchev–Trinajstić information content (AvgIpc) is 1.79. The molecule has 0 aromatic heterocycles. The quantitative estimate of drug-likeness (QED) is 0.225. The Bertz CT molecular complexity index is 177. The number of thiol groups is 1. The number of rotatable bonds is 0. The number of imide groups is 1. The highest BCUT2D eigenvalue weighted by Gasteiger charge is 2.41. The summed E-state index contributed by atoms with van der Waals surface area (Å²) in [5.41, 5.74) is 0. The molecule has 0 radical (unpaired) electrons. The standard InChI is InChI=1S/C4H5NO3S/c6-2-1-4(8,9)3(7)5-2/h8-9H,1H2,(H,5,6,7). The van der Waals surface area contributed by atoms with Crippen molar-refractivity contribution < 1.29 is 14.7 Å². The summed E-state index contributed by atoms with van der Waals surface area (Å²) in [6.07, 6.45) is -0.255. The van der Waals surface area contributed by atoms with Gasteiger partial charge in [0.1, 0.15) is 0 Å². The van der Waals surface area contributed by atoms with E-state index in [4.69, 9.17) is 5.11 Å². The van der Waals surface area contributed by atoms with Gasteiger partial charge in [-0.3, -0.25) is 14.9 Å². The van der Waals surface area contributed by atoms with Gasteiger partial charge in [-0.05, 0) is 0 Å². The van der Waals surface area contributed by atoms with Gasteiger partial charge < -0.3 is 5.11 Å². The van der Waals surface area contributed by atoms with Crippen LogP contribution in [0.2, 0.25) is 0 Å². The minimum absolute atomic E-state index is 0.255. The van der Waals surface area contributed by atoms with E-state index in [-0.39, 0.29) is 6.42 Å². The van der Waals surface area contributed by atoms with Gasteiger partial charge in [-0.15, -0.1) is 12.6 Å². The largest absolute Gasteiger partial charge is 0.371 e. The van der Waals surface area contributed by atoms with Crippen molar-refractivity contribution in [2.75, 3.05) is 0 Å². The Labute approximate surface area is 56.7 Å². The summed E-state index contributed by atoms with van der Waals surface area (Å²) in [7, 11) is 0. The summed E-state index contributed by atoms with van der Waals surface area (Å²) >= 11 is 3.53. The maximum atomic E-state index is 10.4. The predicted octanol–water partition coefficient (Wildman–Crippen LogP) is -1.35. The first-order valence-corrected chi connectivity index (χ1v) is 2.76. The molecule has 1 unspecified atom stereocenters. The van der Waals surface area contributed by atoms with Crippen LogP contribution in [0.25, 0.3) is 0 Å². The number of carbonyl (C=O) groups is 2. The number of hydrogen-bond acceptors (Lipinski definition) is 4. The molecule has 0 aliphatic carbocycles. The molecule has 1 rings (SSSR count). The molecular weight excluding hydrogens is 142 g/mol. The van der Waals surface area contributed by atoms with Crippen LogP contribution in [0.3, 0.4) is 0 Å². The SMILES string of the molecule is O=C1CC(O)(S)C(=O)N1. The van der Waals surface area contributed by atoms with Crippen molar-refractivity contribution in [1.29, 1.82) is 0 Å². The Balaban J connectivity index is 2.81. The fourth-order valence-corrected chi connectivity index (χ4v) is 0.775. The lowest BCUT2D eigenvalue weighted by atomic mass is 10.3. The Kier molecular flexibility index (Phi) is 1.25. The lowest BCUT2D eigenvalue weighted by molar-refractivity contribution is -0.128. The van der Waals surface area contributed by atoms with Crippen molar-refractivity contribution in [2.45, 2.75) is 11.4 Å². The molecule has 1 aliphatic rings. The molecule has 50 valence electrons. The Morgan fingerprint density at radius 3 is 2.33 bits per heavy atom. The molecule has 1 fully saturated rings. The Morgan fingerprint density at radius 1 is 1.67 bits per heavy atom. The van der Waals surface area contributed by atoms with E-state index >= 15 is 0 Å². The Morgan fingerprint density at radius 2 is 2.22 bits per heavy atom. The highest BCUT2D eigenvalue weighted by Crippen LogP contribution is 2.19. The number of carbonyl (C=O) groups excluding carboxylic acids is 2. The van der Waals surface area contributed by atoms with Crippen LogP contribution in [0.4, 0.5) is 0 Å². The van der Waals surface area contributed by atoms with Crippen LogP contribution in [0.5, 0.6) is 0 Å². The van der Waals surface area contributed by atoms with Crippen LogP contribution < -0.4 is 5.32 Å². The van der Waals surface area contributed by atoms with Crippen LogP contribution in [0, 0.1) is 0 Å². The highest BCUT2D eigenvalue weighted by atomic mass is 32.1. The van der Waals surface area contributed by atoms with Crippen LogP contribution in [0.1, 0.15) is 6.42 Å². The second kappa shape index (κ2) is 1.71. The van der Waals surface area contributed by atoms with Crippen LogP contribution in [-0.2, 0) is 9.59 Å². The van der Waals surface area contributed by atoms with Gasteiger partial charge >= 0.3 is 0 Å². The van der Waals surface area contributed by atoms with Crippen molar-refractivity contribution in [3.8, 4) is 0 Å². The number of amides is 2. The molecule has 0 aromatic carbocycles. The molecule has 0 aromatic rings. The zero-order valence-electron chi connectivity index (χ0n) is 4.42. The van der Waals surface area contributed by atoms with E-state index < -0.39 is 16.7 Å². The third-order valence-corrected chi connectivity index (χ3v) is 1.38. The molecule has 0 bridgehead atoms. The van der Waals surface area contributed by atoms with Gasteiger partial charge in [-0.25, -0.2) is 0 Å². The average molecular weight is 147 g/mol. The second-order valence-corrected chi connectivity index (χ2v) is 2.61. The summed E-state index contributed by atoms with van der Waals surface area (Å²) < 4.78 is 0. The third-order valence-electron chi connectivity index (χ3n) is 1.02. The zero-order valence-corrected chi connectivity index (χ0v) is 5.31. The van der Waals surface area contributed by atoms with E-state index in [1.54, 1.807) is 0 Å². The topological polar surface area (TPSA) is 66.4 Å². The van der Waals surface area contributed by atoms with Gasteiger partial charge in [0.25, 0.3) is 5.91 Å². The van der Waals surface area contributed by atoms with Crippen LogP contribution in [-0.4, -0.2) is 21.9 Å². The molecule has 2 N–H and O–H groups in total. The molecule has 9 heavy (non-hydrogen) atoms. The van der Waals surface area contributed by atoms with Crippen LogP contribution >= 0.6 is 12.6 Å². The van der Waals surface area contributed by atoms with Crippen molar-refractivity contribution in [1.82, 2.24) is 5.32 Å². The number of aliphatic hydroxyl groups is 1. The molecule has 0 spiro atoms. The summed E-state index contributed by atoms with van der Waals surface area (Å²) in [6.45, 7) is 0. The third kappa shape index (κ3) is 1.06. The summed E-state index contributed by atoms with van der Waals surface area (Å²) in [5.74, 6) is -1.23. The maximum absolute atomic E-state index is 10.4. The molecule has 0 saturated carbocycles. The van der Waals surface area contributed by atoms with Crippen LogP contribution in [0.15, 0.2) is 0 Å². The lowest BCUT2D eigenvalue weighted by Crippen LogP contribution is -2.32. The first-order chi connectivity index (χ1) is 4.02. The van der Waals surface area contributed by atoms with Gasteiger partial charge in [0.15, 0.2) is 4.93 Å². The second-order valence-electron chi connectivity index (χ2n) is 1.87. The summed E-state index contributed by atoms with van der Waals surface area (Å²) in [5, 5.41) is 10.8. The molecule has 2 amide bonds. The first-order valence-electron chi connectivity index (χ1n) is 2.31. The van der Waals surface area contributed by atoms with Crippen molar-refractivity contribution in [2.24, 2.45) is 0 Å². The predicted molar refractivity (Wildman–Crippen MR) is 31.7 cm³/mol. The first kappa shape index (κ1) is 6.57. The van der Waals surface area contributed by atoms with Gasteiger partial charge in [-0.2, -0.15) is 0 Å². The van der Waals surface area contributed by atoms with Gasteiger partial charge in [0, 0.05) is 0 Å². The summed E-state index contributed by atoms with van der Waals surface area (Å²) in [4.78, 5) is 19.0. The van der Waals surface area contributed by atoms with E-state index in [0.29, 0.717) is 0 Å². The highest BCUT2D eigenvalue weighted by molar-refractivity contribution is 7.82. The molecule has 1 heterocycles. The summed E-state index contributed by atoms with van der Waals surface area (Å²) in [6, 6.07) is 0. The fraction of sp³-hybridized carbons (Fsp3) is 0.500.